The highest BCUT2D eigenvalue weighted by Crippen LogP contribution is 2.25. The molecule has 0 saturated carbocycles. The minimum absolute atomic E-state index is 0.0204. The summed E-state index contributed by atoms with van der Waals surface area (Å²) in [5.41, 5.74) is 0.691. The summed E-state index contributed by atoms with van der Waals surface area (Å²) in [6.07, 6.45) is 2.71. The number of hydrogen-bond donors (Lipinski definition) is 2. The molecule has 0 radical (unpaired) electrons. The summed E-state index contributed by atoms with van der Waals surface area (Å²) < 4.78 is 0. The molecule has 2 unspecified atom stereocenters. The molecule has 1 aliphatic heterocycles. The Morgan fingerprint density at radius 1 is 1.40 bits per heavy atom. The van der Waals surface area contributed by atoms with Gasteiger partial charge in [0.25, 0.3) is 5.69 Å². The van der Waals surface area contributed by atoms with E-state index in [-0.39, 0.29) is 28.6 Å². The minimum atomic E-state index is -0.388. The number of nitro benzene ring substituents is 1. The van der Waals surface area contributed by atoms with Crippen LogP contribution in [0.25, 0.3) is 0 Å². The number of nitrogens with one attached hydrogen (secondary N) is 2. The quantitative estimate of drug-likeness (QED) is 0.650. The molecule has 0 aliphatic carbocycles. The molecule has 2 atom stereocenters. The Balaban J connectivity index is 2.13. The van der Waals surface area contributed by atoms with E-state index in [1.807, 2.05) is 6.92 Å². The largest absolute Gasteiger partial charge is 0.355 e. The van der Waals surface area contributed by atoms with Crippen molar-refractivity contribution in [1.82, 2.24) is 10.6 Å². The van der Waals surface area contributed by atoms with Crippen LogP contribution in [-0.2, 0) is 4.79 Å². The summed E-state index contributed by atoms with van der Waals surface area (Å²) in [5, 5.41) is 17.1. The van der Waals surface area contributed by atoms with Gasteiger partial charge in [-0.15, -0.1) is 0 Å². The third-order valence-corrected chi connectivity index (χ3v) is 3.59. The number of benzene rings is 1. The maximum atomic E-state index is 11.9. The molecule has 6 heteroatoms. The Morgan fingerprint density at radius 2 is 2.15 bits per heavy atom. The molecular weight excluding hydrogens is 258 g/mol. The van der Waals surface area contributed by atoms with Crippen molar-refractivity contribution in [2.75, 3.05) is 6.54 Å². The second-order valence-electron chi connectivity index (χ2n) is 5.04. The van der Waals surface area contributed by atoms with Gasteiger partial charge >= 0.3 is 0 Å². The fourth-order valence-corrected chi connectivity index (χ4v) is 2.51. The van der Waals surface area contributed by atoms with Crippen LogP contribution in [0, 0.1) is 10.1 Å². The van der Waals surface area contributed by atoms with E-state index in [1.165, 1.54) is 6.07 Å². The van der Waals surface area contributed by atoms with Crippen molar-refractivity contribution in [3.63, 3.8) is 0 Å². The lowest BCUT2D eigenvalue weighted by molar-refractivity contribution is -0.385. The number of rotatable bonds is 4. The highest BCUT2D eigenvalue weighted by molar-refractivity contribution is 5.82. The molecule has 0 bridgehead atoms. The Bertz CT molecular complexity index is 504. The SMILES string of the molecule is CC(NC1CCCCNC1=O)c1ccccc1[N+](=O)[O-]. The zero-order valence-corrected chi connectivity index (χ0v) is 11.5. The normalized spacial score (nSPS) is 20.9. The second kappa shape index (κ2) is 6.47. The van der Waals surface area contributed by atoms with Gasteiger partial charge in [0.05, 0.1) is 11.0 Å². The molecule has 1 heterocycles. The lowest BCUT2D eigenvalue weighted by atomic mass is 10.0. The van der Waals surface area contributed by atoms with E-state index in [4.69, 9.17) is 0 Å². The molecule has 0 spiro atoms. The van der Waals surface area contributed by atoms with Crippen LogP contribution in [0.15, 0.2) is 24.3 Å². The van der Waals surface area contributed by atoms with Gasteiger partial charge < -0.3 is 5.32 Å². The Kier molecular flexibility index (Phi) is 4.68. The first-order valence-electron chi connectivity index (χ1n) is 6.86. The third kappa shape index (κ3) is 3.33. The predicted octanol–water partition coefficient (Wildman–Crippen LogP) is 1.91. The average molecular weight is 277 g/mol. The van der Waals surface area contributed by atoms with Crippen molar-refractivity contribution < 1.29 is 9.72 Å². The van der Waals surface area contributed by atoms with Crippen molar-refractivity contribution in [1.29, 1.82) is 0 Å². The van der Waals surface area contributed by atoms with Gasteiger partial charge in [0.15, 0.2) is 0 Å². The maximum absolute atomic E-state index is 11.9. The Morgan fingerprint density at radius 3 is 2.90 bits per heavy atom. The molecule has 20 heavy (non-hydrogen) atoms. The molecule has 0 aromatic heterocycles. The zero-order valence-electron chi connectivity index (χ0n) is 11.5. The molecule has 2 rings (SSSR count). The highest BCUT2D eigenvalue weighted by Gasteiger charge is 2.25. The van der Waals surface area contributed by atoms with E-state index in [0.29, 0.717) is 12.1 Å². The maximum Gasteiger partial charge on any atom is 0.274 e. The molecule has 1 aromatic carbocycles. The van der Waals surface area contributed by atoms with Crippen LogP contribution in [0.3, 0.4) is 0 Å². The van der Waals surface area contributed by atoms with E-state index in [9.17, 15) is 14.9 Å². The molecule has 108 valence electrons. The monoisotopic (exact) mass is 277 g/mol. The number of para-hydroxylation sites is 1. The van der Waals surface area contributed by atoms with Crippen molar-refractivity contribution in [3.05, 3.63) is 39.9 Å². The number of nitrogens with zero attached hydrogens (tertiary/aromatic N) is 1. The van der Waals surface area contributed by atoms with Crippen LogP contribution >= 0.6 is 0 Å². The van der Waals surface area contributed by atoms with Gasteiger partial charge in [-0.3, -0.25) is 20.2 Å². The first-order chi connectivity index (χ1) is 9.59. The number of nitro groups is 1. The number of amides is 1. The van der Waals surface area contributed by atoms with Gasteiger partial charge in [0, 0.05) is 24.2 Å². The number of carbonyl (C=O) groups is 1. The van der Waals surface area contributed by atoms with E-state index in [2.05, 4.69) is 10.6 Å². The topological polar surface area (TPSA) is 84.3 Å². The predicted molar refractivity (Wildman–Crippen MR) is 75.3 cm³/mol. The standard InChI is InChI=1S/C14H19N3O3/c1-10(11-6-2-3-8-13(11)17(19)20)16-12-7-4-5-9-15-14(12)18/h2-3,6,8,10,12,16H,4-5,7,9H2,1H3,(H,15,18). The first kappa shape index (κ1) is 14.5. The zero-order chi connectivity index (χ0) is 14.5. The van der Waals surface area contributed by atoms with Crippen LogP contribution in [0.2, 0.25) is 0 Å². The fourth-order valence-electron chi connectivity index (χ4n) is 2.51. The van der Waals surface area contributed by atoms with Gasteiger partial charge in [-0.25, -0.2) is 0 Å². The fraction of sp³-hybridized carbons (Fsp3) is 0.500. The van der Waals surface area contributed by atoms with Gasteiger partial charge in [-0.05, 0) is 26.2 Å². The van der Waals surface area contributed by atoms with Gasteiger partial charge in [-0.1, -0.05) is 18.2 Å². The van der Waals surface area contributed by atoms with Crippen LogP contribution in [0.5, 0.6) is 0 Å². The second-order valence-corrected chi connectivity index (χ2v) is 5.04. The molecule has 2 N–H and O–H groups in total. The molecule has 1 aromatic rings. The molecule has 1 aliphatic rings. The smallest absolute Gasteiger partial charge is 0.274 e. The van der Waals surface area contributed by atoms with Gasteiger partial charge in [-0.2, -0.15) is 0 Å². The molecule has 1 fully saturated rings. The van der Waals surface area contributed by atoms with Crippen LogP contribution in [0.4, 0.5) is 5.69 Å². The van der Waals surface area contributed by atoms with Crippen LogP contribution < -0.4 is 10.6 Å². The summed E-state index contributed by atoms with van der Waals surface area (Å²) in [6.45, 7) is 2.55. The lowest BCUT2D eigenvalue weighted by Crippen LogP contribution is -2.43. The summed E-state index contributed by atoms with van der Waals surface area (Å²) in [7, 11) is 0. The van der Waals surface area contributed by atoms with Crippen molar-refractivity contribution in [2.45, 2.75) is 38.3 Å². The number of hydrogen-bond acceptors (Lipinski definition) is 4. The van der Waals surface area contributed by atoms with E-state index in [1.54, 1.807) is 18.2 Å². The van der Waals surface area contributed by atoms with E-state index < -0.39 is 0 Å². The first-order valence-corrected chi connectivity index (χ1v) is 6.86. The minimum Gasteiger partial charge on any atom is -0.355 e. The summed E-state index contributed by atoms with van der Waals surface area (Å²) in [4.78, 5) is 22.5. The number of carbonyl (C=O) groups excluding carboxylic acids is 1. The van der Waals surface area contributed by atoms with E-state index >= 15 is 0 Å². The van der Waals surface area contributed by atoms with Gasteiger partial charge in [0.1, 0.15) is 0 Å². The molecule has 1 amide bonds. The Hall–Kier alpha value is -1.95. The van der Waals surface area contributed by atoms with Crippen molar-refractivity contribution >= 4 is 11.6 Å². The summed E-state index contributed by atoms with van der Waals surface area (Å²) >= 11 is 0. The highest BCUT2D eigenvalue weighted by atomic mass is 16.6. The summed E-state index contributed by atoms with van der Waals surface area (Å²) in [5.74, 6) is -0.0204. The van der Waals surface area contributed by atoms with Crippen molar-refractivity contribution in [2.24, 2.45) is 0 Å². The summed E-state index contributed by atoms with van der Waals surface area (Å²) in [6, 6.07) is 6.10. The molecule has 1 saturated heterocycles. The van der Waals surface area contributed by atoms with Crippen molar-refractivity contribution in [3.8, 4) is 0 Å². The van der Waals surface area contributed by atoms with Crippen LogP contribution in [-0.4, -0.2) is 23.4 Å². The van der Waals surface area contributed by atoms with Gasteiger partial charge in [0.2, 0.25) is 5.91 Å². The molecular formula is C14H19N3O3. The Labute approximate surface area is 117 Å². The average Bonchev–Trinajstić information content (AvgIpc) is 2.64. The van der Waals surface area contributed by atoms with E-state index in [0.717, 1.165) is 19.3 Å². The third-order valence-electron chi connectivity index (χ3n) is 3.59. The van der Waals surface area contributed by atoms with Crippen LogP contribution in [0.1, 0.15) is 37.8 Å². The lowest BCUT2D eigenvalue weighted by Gasteiger charge is -2.21. The molecule has 6 nitrogen and oxygen atoms in total.